The summed E-state index contributed by atoms with van der Waals surface area (Å²) < 4.78 is 0. The Balaban J connectivity index is 2.58. The minimum Gasteiger partial charge on any atom is -0.401 e. The molecule has 1 heterocycles. The molecule has 1 rings (SSSR count). The molecule has 0 aromatic heterocycles. The van der Waals surface area contributed by atoms with Crippen molar-refractivity contribution in [3.8, 4) is 0 Å². The molecule has 144 valence electrons. The van der Waals surface area contributed by atoms with Gasteiger partial charge < -0.3 is 21.9 Å². The van der Waals surface area contributed by atoms with Gasteiger partial charge >= 0.3 is 0 Å². The zero-order valence-corrected chi connectivity index (χ0v) is 16.5. The first-order chi connectivity index (χ1) is 12.3. The summed E-state index contributed by atoms with van der Waals surface area (Å²) in [5, 5.41) is 17.7. The maximum Gasteiger partial charge on any atom is 0.246 e. The Morgan fingerprint density at radius 1 is 1.23 bits per heavy atom. The van der Waals surface area contributed by atoms with Crippen LogP contribution in [0.2, 0.25) is 0 Å². The van der Waals surface area contributed by atoms with Crippen molar-refractivity contribution in [2.24, 2.45) is 5.73 Å². The first-order valence-electron chi connectivity index (χ1n) is 9.20. The highest BCUT2D eigenvalue weighted by molar-refractivity contribution is 5.93. The number of nitrogens with zero attached hydrogens (tertiary/aromatic N) is 1. The van der Waals surface area contributed by atoms with Gasteiger partial charge in [-0.25, -0.2) is 0 Å². The predicted octanol–water partition coefficient (Wildman–Crippen LogP) is 2.77. The zero-order valence-electron chi connectivity index (χ0n) is 16.5. The van der Waals surface area contributed by atoms with E-state index < -0.39 is 0 Å². The topological polar surface area (TPSA) is 106 Å². The number of amides is 1. The Labute approximate surface area is 157 Å². The van der Waals surface area contributed by atoms with Crippen molar-refractivity contribution in [2.45, 2.75) is 53.0 Å². The second kappa shape index (κ2) is 10.7. The molecule has 6 nitrogen and oxygen atoms in total. The van der Waals surface area contributed by atoms with Gasteiger partial charge in [0.2, 0.25) is 5.91 Å². The fourth-order valence-corrected chi connectivity index (χ4v) is 3.05. The van der Waals surface area contributed by atoms with Crippen LogP contribution in [0.1, 0.15) is 47.0 Å². The Morgan fingerprint density at radius 3 is 2.46 bits per heavy atom. The van der Waals surface area contributed by atoms with Crippen LogP contribution in [0.15, 0.2) is 34.1 Å². The molecule has 0 saturated carbocycles. The van der Waals surface area contributed by atoms with Crippen molar-refractivity contribution in [1.82, 2.24) is 10.2 Å². The van der Waals surface area contributed by atoms with Crippen molar-refractivity contribution in [3.05, 3.63) is 34.1 Å². The molecular formula is C20H33N5O. The van der Waals surface area contributed by atoms with Crippen LogP contribution < -0.4 is 11.1 Å². The monoisotopic (exact) mass is 359 g/mol. The van der Waals surface area contributed by atoms with Crippen LogP contribution in [0.4, 0.5) is 0 Å². The van der Waals surface area contributed by atoms with E-state index in [0.717, 1.165) is 48.2 Å². The van der Waals surface area contributed by atoms with Crippen LogP contribution in [0.5, 0.6) is 0 Å². The number of carbonyl (C=O) groups excluding carboxylic acids is 1. The first kappa shape index (κ1) is 21.8. The summed E-state index contributed by atoms with van der Waals surface area (Å²) in [5.74, 6) is -0.0726. The van der Waals surface area contributed by atoms with Gasteiger partial charge in [-0.1, -0.05) is 19.4 Å². The third-order valence-electron chi connectivity index (χ3n) is 4.86. The number of hydrogen-bond acceptors (Lipinski definition) is 5. The Kier molecular flexibility index (Phi) is 8.99. The Hall–Kier alpha value is -2.21. The molecule has 5 N–H and O–H groups in total. The summed E-state index contributed by atoms with van der Waals surface area (Å²) in [6, 6.07) is 0.349. The largest absolute Gasteiger partial charge is 0.401 e. The zero-order chi connectivity index (χ0) is 19.7. The minimum absolute atomic E-state index is 0.0726. The highest BCUT2D eigenvalue weighted by Crippen LogP contribution is 2.19. The van der Waals surface area contributed by atoms with E-state index in [9.17, 15) is 4.79 Å². The summed E-state index contributed by atoms with van der Waals surface area (Å²) in [4.78, 5) is 14.6. The van der Waals surface area contributed by atoms with Crippen LogP contribution >= 0.6 is 0 Å². The van der Waals surface area contributed by atoms with E-state index in [1.165, 1.54) is 12.4 Å². The Bertz CT molecular complexity index is 630. The molecule has 0 aromatic carbocycles. The number of nitrogens with two attached hydrogens (primary N) is 1. The van der Waals surface area contributed by atoms with Gasteiger partial charge in [0.1, 0.15) is 0 Å². The average Bonchev–Trinajstić information content (AvgIpc) is 3.00. The fourth-order valence-electron chi connectivity index (χ4n) is 3.05. The molecule has 1 unspecified atom stereocenters. The van der Waals surface area contributed by atoms with Crippen molar-refractivity contribution >= 4 is 18.3 Å². The molecule has 0 bridgehead atoms. The molecule has 1 aliphatic rings. The van der Waals surface area contributed by atoms with Crippen LogP contribution in [-0.2, 0) is 4.79 Å². The summed E-state index contributed by atoms with van der Waals surface area (Å²) in [6.45, 7) is 9.74. The second-order valence-electron chi connectivity index (χ2n) is 6.92. The highest BCUT2D eigenvalue weighted by atomic mass is 16.1. The quantitative estimate of drug-likeness (QED) is 0.274. The normalized spacial score (nSPS) is 17.8. The summed E-state index contributed by atoms with van der Waals surface area (Å²) in [7, 11) is 0. The lowest BCUT2D eigenvalue weighted by Gasteiger charge is -2.28. The van der Waals surface area contributed by atoms with Gasteiger partial charge in [-0.15, -0.1) is 0 Å². The molecule has 0 spiro atoms. The molecule has 0 saturated heterocycles. The van der Waals surface area contributed by atoms with E-state index in [1.54, 1.807) is 6.92 Å². The van der Waals surface area contributed by atoms with Gasteiger partial charge in [0, 0.05) is 54.9 Å². The molecule has 6 heteroatoms. The van der Waals surface area contributed by atoms with Gasteiger partial charge in [0.15, 0.2) is 0 Å². The lowest BCUT2D eigenvalue weighted by molar-refractivity contribution is -0.117. The molecule has 0 radical (unpaired) electrons. The number of nitrogens with one attached hydrogen (secondary N) is 3. The van der Waals surface area contributed by atoms with Crippen LogP contribution in [0.3, 0.4) is 0 Å². The van der Waals surface area contributed by atoms with E-state index in [-0.39, 0.29) is 5.91 Å². The van der Waals surface area contributed by atoms with Crippen molar-refractivity contribution in [3.63, 3.8) is 0 Å². The minimum atomic E-state index is -0.0726. The lowest BCUT2D eigenvalue weighted by atomic mass is 10.1. The molecule has 1 amide bonds. The van der Waals surface area contributed by atoms with E-state index in [0.29, 0.717) is 24.7 Å². The van der Waals surface area contributed by atoms with Crippen LogP contribution in [0, 0.1) is 10.8 Å². The molecule has 1 aliphatic heterocycles. The predicted molar refractivity (Wildman–Crippen MR) is 109 cm³/mol. The van der Waals surface area contributed by atoms with Gasteiger partial charge in [0.25, 0.3) is 0 Å². The van der Waals surface area contributed by atoms with E-state index in [4.69, 9.17) is 16.6 Å². The van der Waals surface area contributed by atoms with E-state index >= 15 is 0 Å². The lowest BCUT2D eigenvalue weighted by Crippen LogP contribution is -2.38. The van der Waals surface area contributed by atoms with Gasteiger partial charge in [-0.3, -0.25) is 9.69 Å². The molecule has 0 aromatic rings. The third-order valence-corrected chi connectivity index (χ3v) is 4.86. The number of rotatable bonds is 10. The van der Waals surface area contributed by atoms with E-state index in [2.05, 4.69) is 17.1 Å². The summed E-state index contributed by atoms with van der Waals surface area (Å²) >= 11 is 0. The molecule has 26 heavy (non-hydrogen) atoms. The molecule has 0 fully saturated rings. The number of carbonyl (C=O) groups is 1. The molecule has 0 aliphatic carbocycles. The second-order valence-corrected chi connectivity index (χ2v) is 6.92. The van der Waals surface area contributed by atoms with Crippen molar-refractivity contribution < 1.29 is 4.79 Å². The Morgan fingerprint density at radius 2 is 1.92 bits per heavy atom. The molecule has 1 atom stereocenters. The summed E-state index contributed by atoms with van der Waals surface area (Å²) in [5.41, 5.74) is 10.1. The average molecular weight is 360 g/mol. The van der Waals surface area contributed by atoms with Gasteiger partial charge in [-0.2, -0.15) is 0 Å². The maximum atomic E-state index is 12.3. The van der Waals surface area contributed by atoms with Gasteiger partial charge in [-0.05, 0) is 44.8 Å². The highest BCUT2D eigenvalue weighted by Gasteiger charge is 2.25. The van der Waals surface area contributed by atoms with E-state index in [1.807, 2.05) is 19.9 Å². The maximum absolute atomic E-state index is 12.3. The van der Waals surface area contributed by atoms with Crippen LogP contribution in [0.25, 0.3) is 0 Å². The third kappa shape index (κ3) is 6.26. The van der Waals surface area contributed by atoms with Gasteiger partial charge in [0.05, 0.1) is 0 Å². The number of allylic oxidation sites excluding steroid dienone is 3. The van der Waals surface area contributed by atoms with Crippen molar-refractivity contribution in [1.29, 1.82) is 10.8 Å². The summed E-state index contributed by atoms with van der Waals surface area (Å²) in [6.07, 6.45) is 7.44. The van der Waals surface area contributed by atoms with Crippen LogP contribution in [-0.4, -0.2) is 48.9 Å². The fraction of sp³-hybridized carbons (Fsp3) is 0.550. The van der Waals surface area contributed by atoms with Crippen molar-refractivity contribution in [2.75, 3.05) is 19.6 Å². The molecular weight excluding hydrogens is 326 g/mol. The standard InChI is InChI=1S/C20H33N5O/c1-5-6-18(25-12-17(11-22)19(23)13-25)7-8-24-20(26)15(3)9-14(2)16(4)10-21/h9-11,18,21-22H,5-8,12-13,23H2,1-4H3,(H,24,26)/b15-9+,16-14-,21-10?,22-11?. The SMILES string of the molecule is CCCC(CCNC(=O)/C(C)=C/C(C)=C(/C)C=N)N1CC(N)=C(C=N)C1. The smallest absolute Gasteiger partial charge is 0.246 e. The first-order valence-corrected chi connectivity index (χ1v) is 9.20. The number of hydrogen-bond donors (Lipinski definition) is 4.